The molecule has 2 atom stereocenters. The molecule has 4 rings (SSSR count). The van der Waals surface area contributed by atoms with E-state index in [4.69, 9.17) is 9.73 Å². The van der Waals surface area contributed by atoms with Gasteiger partial charge in [-0.1, -0.05) is 12.8 Å². The third kappa shape index (κ3) is 3.89. The lowest BCUT2D eigenvalue weighted by atomic mass is 9.82. The van der Waals surface area contributed by atoms with Crippen molar-refractivity contribution in [2.75, 3.05) is 52.5 Å². The summed E-state index contributed by atoms with van der Waals surface area (Å²) in [5, 5.41) is 3.61. The molecule has 1 saturated carbocycles. The Morgan fingerprint density at radius 3 is 2.31 bits per heavy atom. The summed E-state index contributed by atoms with van der Waals surface area (Å²) in [4.78, 5) is 10.5. The fourth-order valence-corrected chi connectivity index (χ4v) is 5.74. The number of likely N-dealkylation sites (tertiary alicyclic amines) is 2. The van der Waals surface area contributed by atoms with Crippen LogP contribution in [-0.2, 0) is 4.74 Å². The smallest absolute Gasteiger partial charge is 0.193 e. The molecule has 0 spiro atoms. The summed E-state index contributed by atoms with van der Waals surface area (Å²) < 4.78 is 5.70. The number of nitrogens with zero attached hydrogens (tertiary/aromatic N) is 3. The van der Waals surface area contributed by atoms with Gasteiger partial charge in [0.2, 0.25) is 0 Å². The van der Waals surface area contributed by atoms with E-state index in [1.165, 1.54) is 70.7 Å². The number of fused-ring (bicyclic) bond motifs is 1. The first-order valence-corrected chi connectivity index (χ1v) is 11.2. The first kappa shape index (κ1) is 18.5. The van der Waals surface area contributed by atoms with Gasteiger partial charge in [-0.15, -0.1) is 0 Å². The second kappa shape index (κ2) is 8.47. The van der Waals surface area contributed by atoms with E-state index in [2.05, 4.69) is 22.0 Å². The highest BCUT2D eigenvalue weighted by molar-refractivity contribution is 5.80. The number of hydrogen-bond donors (Lipinski definition) is 1. The predicted molar refractivity (Wildman–Crippen MR) is 107 cm³/mol. The number of aliphatic imine (C=N–C) groups is 1. The minimum atomic E-state index is 0.238. The predicted octanol–water partition coefficient (Wildman–Crippen LogP) is 2.72. The fourth-order valence-electron chi connectivity index (χ4n) is 5.74. The molecule has 0 aromatic carbocycles. The van der Waals surface area contributed by atoms with Crippen LogP contribution >= 0.6 is 0 Å². The van der Waals surface area contributed by atoms with E-state index >= 15 is 0 Å². The van der Waals surface area contributed by atoms with Gasteiger partial charge < -0.3 is 15.0 Å². The Hall–Kier alpha value is -0.810. The van der Waals surface area contributed by atoms with Crippen LogP contribution in [0.25, 0.3) is 0 Å². The number of ether oxygens (including phenoxy) is 1. The summed E-state index contributed by atoms with van der Waals surface area (Å²) in [6, 6.07) is 0. The molecule has 0 aromatic heterocycles. The van der Waals surface area contributed by atoms with Crippen LogP contribution in [0.15, 0.2) is 4.99 Å². The highest BCUT2D eigenvalue weighted by atomic mass is 16.5. The van der Waals surface area contributed by atoms with Gasteiger partial charge in [0.1, 0.15) is 0 Å². The minimum absolute atomic E-state index is 0.238. The van der Waals surface area contributed by atoms with Crippen molar-refractivity contribution in [1.82, 2.24) is 15.1 Å². The number of rotatable bonds is 4. The van der Waals surface area contributed by atoms with Crippen molar-refractivity contribution in [3.63, 3.8) is 0 Å². The van der Waals surface area contributed by atoms with Crippen molar-refractivity contribution in [2.45, 2.75) is 63.8 Å². The molecule has 148 valence electrons. The summed E-state index contributed by atoms with van der Waals surface area (Å²) in [6.07, 6.45) is 10.7. The maximum Gasteiger partial charge on any atom is 0.193 e. The van der Waals surface area contributed by atoms with Crippen LogP contribution in [0, 0.1) is 11.8 Å². The lowest BCUT2D eigenvalue weighted by Gasteiger charge is -2.43. The van der Waals surface area contributed by atoms with E-state index in [-0.39, 0.29) is 5.54 Å². The average Bonchev–Trinajstić information content (AvgIpc) is 3.35. The van der Waals surface area contributed by atoms with E-state index in [0.717, 1.165) is 51.0 Å². The molecule has 1 N–H and O–H groups in total. The minimum Gasteiger partial charge on any atom is -0.381 e. The monoisotopic (exact) mass is 362 g/mol. The van der Waals surface area contributed by atoms with Crippen molar-refractivity contribution in [2.24, 2.45) is 16.8 Å². The SMILES string of the molecule is CCNC(=NCC1(N2CCCC2)CCOCC1)N1CC2CCCCC2C1. The Morgan fingerprint density at radius 1 is 1.04 bits per heavy atom. The fraction of sp³-hybridized carbons (Fsp3) is 0.952. The molecular weight excluding hydrogens is 324 g/mol. The zero-order valence-electron chi connectivity index (χ0n) is 16.7. The van der Waals surface area contributed by atoms with E-state index in [9.17, 15) is 0 Å². The molecular formula is C21H38N4O. The van der Waals surface area contributed by atoms with Crippen LogP contribution in [0.3, 0.4) is 0 Å². The van der Waals surface area contributed by atoms with Gasteiger partial charge in [0, 0.05) is 38.4 Å². The summed E-state index contributed by atoms with van der Waals surface area (Å²) in [6.45, 7) is 10.8. The largest absolute Gasteiger partial charge is 0.381 e. The van der Waals surface area contributed by atoms with Gasteiger partial charge in [0.05, 0.1) is 6.54 Å². The molecule has 3 aliphatic heterocycles. The van der Waals surface area contributed by atoms with Crippen molar-refractivity contribution in [1.29, 1.82) is 0 Å². The van der Waals surface area contributed by atoms with Gasteiger partial charge in [-0.25, -0.2) is 0 Å². The molecule has 0 amide bonds. The maximum atomic E-state index is 5.70. The topological polar surface area (TPSA) is 40.1 Å². The van der Waals surface area contributed by atoms with Crippen molar-refractivity contribution >= 4 is 5.96 Å². The third-order valence-electron chi connectivity index (χ3n) is 7.33. The Labute approximate surface area is 159 Å². The maximum absolute atomic E-state index is 5.70. The molecule has 26 heavy (non-hydrogen) atoms. The van der Waals surface area contributed by atoms with Gasteiger partial charge in [-0.05, 0) is 70.4 Å². The first-order chi connectivity index (χ1) is 12.8. The molecule has 0 bridgehead atoms. The second-order valence-electron chi connectivity index (χ2n) is 8.91. The zero-order valence-corrected chi connectivity index (χ0v) is 16.7. The van der Waals surface area contributed by atoms with Gasteiger partial charge in [0.25, 0.3) is 0 Å². The normalized spacial score (nSPS) is 32.7. The Kier molecular flexibility index (Phi) is 6.04. The van der Waals surface area contributed by atoms with Crippen LogP contribution < -0.4 is 5.32 Å². The standard InChI is InChI=1S/C21H38N4O/c1-2-22-20(24-15-18-7-3-4-8-19(18)16-24)23-17-21(9-13-26-14-10-21)25-11-5-6-12-25/h18-19H,2-17H2,1H3,(H,22,23). The molecule has 4 fully saturated rings. The molecule has 3 heterocycles. The lowest BCUT2D eigenvalue weighted by Crippen LogP contribution is -2.54. The van der Waals surface area contributed by atoms with Crippen LogP contribution in [0.4, 0.5) is 0 Å². The summed E-state index contributed by atoms with van der Waals surface area (Å²) in [7, 11) is 0. The van der Waals surface area contributed by atoms with Gasteiger partial charge >= 0.3 is 0 Å². The summed E-state index contributed by atoms with van der Waals surface area (Å²) >= 11 is 0. The Bertz CT molecular complexity index is 468. The van der Waals surface area contributed by atoms with Crippen molar-refractivity contribution in [3.8, 4) is 0 Å². The highest BCUT2D eigenvalue weighted by Gasteiger charge is 2.40. The molecule has 4 aliphatic rings. The van der Waals surface area contributed by atoms with Crippen molar-refractivity contribution in [3.05, 3.63) is 0 Å². The number of nitrogens with one attached hydrogen (secondary N) is 1. The molecule has 0 aromatic rings. The van der Waals surface area contributed by atoms with Gasteiger partial charge in [-0.2, -0.15) is 0 Å². The van der Waals surface area contributed by atoms with E-state index < -0.39 is 0 Å². The number of hydrogen-bond acceptors (Lipinski definition) is 3. The summed E-state index contributed by atoms with van der Waals surface area (Å²) in [5.74, 6) is 2.98. The zero-order chi connectivity index (χ0) is 17.8. The Balaban J connectivity index is 1.47. The third-order valence-corrected chi connectivity index (χ3v) is 7.33. The van der Waals surface area contributed by atoms with Crippen LogP contribution in [0.5, 0.6) is 0 Å². The average molecular weight is 363 g/mol. The van der Waals surface area contributed by atoms with Crippen LogP contribution in [0.2, 0.25) is 0 Å². The second-order valence-corrected chi connectivity index (χ2v) is 8.91. The Morgan fingerprint density at radius 2 is 1.69 bits per heavy atom. The van der Waals surface area contributed by atoms with Crippen LogP contribution in [-0.4, -0.2) is 73.8 Å². The molecule has 1 aliphatic carbocycles. The molecule has 3 saturated heterocycles. The van der Waals surface area contributed by atoms with Gasteiger partial charge in [0.15, 0.2) is 5.96 Å². The highest BCUT2D eigenvalue weighted by Crippen LogP contribution is 2.36. The summed E-state index contributed by atoms with van der Waals surface area (Å²) in [5.41, 5.74) is 0.238. The molecule has 5 heteroatoms. The van der Waals surface area contributed by atoms with Crippen molar-refractivity contribution < 1.29 is 4.74 Å². The molecule has 0 radical (unpaired) electrons. The molecule has 2 unspecified atom stereocenters. The van der Waals surface area contributed by atoms with Crippen LogP contribution in [0.1, 0.15) is 58.3 Å². The lowest BCUT2D eigenvalue weighted by molar-refractivity contribution is -0.0139. The van der Waals surface area contributed by atoms with E-state index in [1.807, 2.05) is 0 Å². The van der Waals surface area contributed by atoms with E-state index in [0.29, 0.717) is 0 Å². The quantitative estimate of drug-likeness (QED) is 0.617. The molecule has 5 nitrogen and oxygen atoms in total. The first-order valence-electron chi connectivity index (χ1n) is 11.2. The van der Waals surface area contributed by atoms with E-state index in [1.54, 1.807) is 0 Å². The number of guanidine groups is 1. The van der Waals surface area contributed by atoms with Gasteiger partial charge in [-0.3, -0.25) is 9.89 Å².